The van der Waals surface area contributed by atoms with E-state index in [-0.39, 0.29) is 0 Å². The van der Waals surface area contributed by atoms with Crippen LogP contribution in [0.1, 0.15) is 11.1 Å². The average molecular weight is 1260 g/mol. The summed E-state index contributed by atoms with van der Waals surface area (Å²) >= 11 is 0. The molecule has 16 aromatic rings. The summed E-state index contributed by atoms with van der Waals surface area (Å²) < 4.78 is 15.6. The molecule has 2 aromatic heterocycles. The van der Waals surface area contributed by atoms with E-state index in [9.17, 15) is 0 Å². The molecule has 0 aliphatic carbocycles. The summed E-state index contributed by atoms with van der Waals surface area (Å²) in [6.07, 6.45) is 17.4. The zero-order valence-electron chi connectivity index (χ0n) is 54.1. The van der Waals surface area contributed by atoms with Crippen molar-refractivity contribution >= 4 is 140 Å². The summed E-state index contributed by atoms with van der Waals surface area (Å²) in [6.45, 7) is 8.69. The van der Waals surface area contributed by atoms with E-state index in [2.05, 4.69) is 350 Å². The number of hydrogen-bond acceptors (Lipinski definition) is 6. The zero-order valence-corrected chi connectivity index (χ0v) is 55.1. The van der Waals surface area contributed by atoms with Gasteiger partial charge in [-0.2, -0.15) is 0 Å². The maximum absolute atomic E-state index is 7.92. The van der Waals surface area contributed by atoms with Gasteiger partial charge in [0, 0.05) is 97.3 Å². The highest BCUT2D eigenvalue weighted by Gasteiger charge is 2.33. The Morgan fingerprint density at radius 2 is 1.03 bits per heavy atom. The lowest BCUT2D eigenvalue weighted by atomic mass is 9.85. The number of para-hydroxylation sites is 1. The van der Waals surface area contributed by atoms with Crippen molar-refractivity contribution in [3.63, 3.8) is 0 Å². The molecular formula is C90H66N4O2Si. The van der Waals surface area contributed by atoms with Crippen LogP contribution in [-0.4, -0.2) is 26.9 Å². The van der Waals surface area contributed by atoms with Crippen LogP contribution in [-0.2, 0) is 0 Å². The van der Waals surface area contributed by atoms with Crippen LogP contribution in [0.4, 0.5) is 34.1 Å². The quantitative estimate of drug-likeness (QED) is 0.0693. The Hall–Kier alpha value is -12.0. The Bertz CT molecular complexity index is 5980. The predicted molar refractivity (Wildman–Crippen MR) is 414 cm³/mol. The molecular weight excluding hydrogens is 1200 g/mol. The van der Waals surface area contributed by atoms with E-state index in [1.165, 1.54) is 21.7 Å². The van der Waals surface area contributed by atoms with Gasteiger partial charge in [-0.3, -0.25) is 0 Å². The largest absolute Gasteiger partial charge is 0.455 e. The second-order valence-corrected chi connectivity index (χ2v) is 31.6. The van der Waals surface area contributed by atoms with Crippen LogP contribution >= 0.6 is 0 Å². The Kier molecular flexibility index (Phi) is 13.9. The summed E-state index contributed by atoms with van der Waals surface area (Å²) in [4.78, 5) is 12.9. The third-order valence-electron chi connectivity index (χ3n) is 19.6. The summed E-state index contributed by atoms with van der Waals surface area (Å²) in [7, 11) is -1.95. The van der Waals surface area contributed by atoms with Crippen LogP contribution in [0.15, 0.2) is 336 Å². The molecule has 0 spiro atoms. The minimum Gasteiger partial charge on any atom is -0.455 e. The van der Waals surface area contributed by atoms with Crippen LogP contribution in [0.2, 0.25) is 19.6 Å². The van der Waals surface area contributed by atoms with Gasteiger partial charge in [-0.1, -0.05) is 249 Å². The molecule has 0 atom stereocenters. The van der Waals surface area contributed by atoms with Crippen molar-refractivity contribution in [2.24, 2.45) is 4.99 Å². The monoisotopic (exact) mass is 1260 g/mol. The topological polar surface area (TPSA) is 48.4 Å². The maximum atomic E-state index is 7.92. The molecule has 18 rings (SSSR count). The van der Waals surface area contributed by atoms with E-state index < -0.39 is 8.07 Å². The molecule has 14 aromatic carbocycles. The van der Waals surface area contributed by atoms with E-state index in [4.69, 9.17) is 13.8 Å². The van der Waals surface area contributed by atoms with E-state index in [0.29, 0.717) is 6.54 Å². The molecule has 4 heterocycles. The van der Waals surface area contributed by atoms with Gasteiger partial charge in [0.15, 0.2) is 0 Å². The highest BCUT2D eigenvalue weighted by Crippen LogP contribution is 2.56. The van der Waals surface area contributed by atoms with E-state index >= 15 is 0 Å². The molecule has 2 aliphatic rings. The van der Waals surface area contributed by atoms with Gasteiger partial charge in [0.25, 0.3) is 0 Å². The first-order valence-electron chi connectivity index (χ1n) is 33.5. The normalized spacial score (nSPS) is 13.5. The maximum Gasteiger partial charge on any atom is 0.146 e. The van der Waals surface area contributed by atoms with Crippen LogP contribution in [0.25, 0.3) is 120 Å². The van der Waals surface area contributed by atoms with Crippen LogP contribution < -0.4 is 19.9 Å². The molecule has 97 heavy (non-hydrogen) atoms. The molecule has 0 unspecified atom stereocenters. The van der Waals surface area contributed by atoms with Gasteiger partial charge in [0.2, 0.25) is 0 Å². The number of hydrogen-bond donors (Lipinski definition) is 0. The number of rotatable bonds is 12. The van der Waals surface area contributed by atoms with Crippen LogP contribution in [0.3, 0.4) is 0 Å². The smallest absolute Gasteiger partial charge is 0.146 e. The van der Waals surface area contributed by atoms with Gasteiger partial charge >= 0.3 is 0 Å². The number of aliphatic imine (C=N–C) groups is 1. The zero-order chi connectivity index (χ0) is 64.7. The first kappa shape index (κ1) is 57.6. The van der Waals surface area contributed by atoms with Crippen molar-refractivity contribution in [2.45, 2.75) is 19.6 Å². The number of allylic oxidation sites excluding steroid dienone is 4. The number of fused-ring (bicyclic) bond motifs is 13. The van der Waals surface area contributed by atoms with Crippen molar-refractivity contribution in [1.82, 2.24) is 0 Å². The first-order valence-corrected chi connectivity index (χ1v) is 37.0. The molecule has 2 aliphatic heterocycles. The van der Waals surface area contributed by atoms with Crippen molar-refractivity contribution in [3.8, 4) is 33.4 Å². The van der Waals surface area contributed by atoms with E-state index in [0.717, 1.165) is 161 Å². The molecule has 0 saturated carbocycles. The van der Waals surface area contributed by atoms with Crippen molar-refractivity contribution in [3.05, 3.63) is 333 Å². The van der Waals surface area contributed by atoms with Crippen molar-refractivity contribution in [1.29, 1.82) is 0 Å². The average Bonchev–Trinajstić information content (AvgIpc) is 1.65. The van der Waals surface area contributed by atoms with Crippen molar-refractivity contribution < 1.29 is 8.83 Å². The Morgan fingerprint density at radius 3 is 1.76 bits per heavy atom. The fraction of sp³-hybridized carbons (Fsp3) is 0.0556. The van der Waals surface area contributed by atoms with Crippen LogP contribution in [0.5, 0.6) is 0 Å². The molecule has 7 heteroatoms. The molecule has 6 nitrogen and oxygen atoms in total. The summed E-state index contributed by atoms with van der Waals surface area (Å²) in [5.41, 5.74) is 18.6. The number of nitrogens with zero attached hydrogens (tertiary/aromatic N) is 4. The molecule has 0 fully saturated rings. The van der Waals surface area contributed by atoms with Crippen molar-refractivity contribution in [2.75, 3.05) is 27.8 Å². The Morgan fingerprint density at radius 1 is 0.402 bits per heavy atom. The summed E-state index contributed by atoms with van der Waals surface area (Å²) in [5, 5.41) is 14.1. The summed E-state index contributed by atoms with van der Waals surface area (Å²) in [5.74, 6) is 0. The van der Waals surface area contributed by atoms with Gasteiger partial charge in [-0.05, 0) is 128 Å². The second-order valence-electron chi connectivity index (χ2n) is 26.5. The van der Waals surface area contributed by atoms with Crippen LogP contribution in [0, 0.1) is 0 Å². The molecule has 462 valence electrons. The minimum atomic E-state index is -1.95. The number of anilines is 5. The van der Waals surface area contributed by atoms with Gasteiger partial charge in [0.05, 0.1) is 41.9 Å². The van der Waals surface area contributed by atoms with Gasteiger partial charge < -0.3 is 23.5 Å². The minimum absolute atomic E-state index is 0.625. The first-order chi connectivity index (χ1) is 47.7. The predicted octanol–water partition coefficient (Wildman–Crippen LogP) is 24.1. The third kappa shape index (κ3) is 10.0. The molecule has 0 amide bonds. The van der Waals surface area contributed by atoms with Gasteiger partial charge in [-0.15, -0.1) is 0 Å². The molecule has 0 bridgehead atoms. The number of benzene rings is 14. The molecule has 0 radical (unpaired) electrons. The molecule has 0 saturated heterocycles. The van der Waals surface area contributed by atoms with E-state index in [1.807, 2.05) is 6.07 Å². The lowest BCUT2D eigenvalue weighted by molar-refractivity contribution is 0.668. The highest BCUT2D eigenvalue weighted by atomic mass is 28.3. The highest BCUT2D eigenvalue weighted by molar-refractivity contribution is 6.88. The van der Waals surface area contributed by atoms with Gasteiger partial charge in [-0.25, -0.2) is 4.99 Å². The van der Waals surface area contributed by atoms with E-state index in [1.54, 1.807) is 0 Å². The SMILES string of the molecule is C[Si](C)(C)c1ccc2oc3c(c(N(c4ccc5ccccc5c4)c4cccc5cc(-c6ccccc6)ccc45)cc4c(-c5ccc(-c6ccccc6)cc5)c(N5C=CC=CC5)c5cc(C(=Nc6ccccc6)c6ccccc6)c6oc7cc(N8C=CC=CC8)ccc7c6c5c43)c2c1. The Labute approximate surface area is 564 Å². The fourth-order valence-electron chi connectivity index (χ4n) is 14.9. The van der Waals surface area contributed by atoms with Gasteiger partial charge in [0.1, 0.15) is 22.3 Å². The molecule has 0 N–H and O–H groups in total. The lowest BCUT2D eigenvalue weighted by Gasteiger charge is -2.31. The number of furan rings is 2. The lowest BCUT2D eigenvalue weighted by Crippen LogP contribution is -2.37. The third-order valence-corrected chi connectivity index (χ3v) is 21.6. The summed E-state index contributed by atoms with van der Waals surface area (Å²) in [6, 6.07) is 99.7. The standard InChI is InChI=1S/C90H66N4O2Si/c1-97(2,3)71-45-48-80-74(56-71)83-79(94(70-43-41-61-29-18-19-32-65(61)54-70)78-36-24-33-67-53-66(42-46-72(67)78)60-27-12-5-13-28-60)58-75-82(63-39-37-62(38-40-63)59-25-10-4-11-26-59)88(93-51-22-9-23-52-93)76-57-77(87(64-30-14-6-15-31-64)91-68-34-16-7-17-35-68)89-85(84(76)86(75)90(83)95-80)73-47-44-69(55-81(73)96-89)92-49-20-8-21-50-92/h4-49,51,53-58H,50,52H2,1-3H3. The fourth-order valence-corrected chi connectivity index (χ4v) is 16.0. The Balaban J connectivity index is 1.07. The second kappa shape index (κ2) is 23.5.